The first kappa shape index (κ1) is 16.4. The quantitative estimate of drug-likeness (QED) is 0.477. The number of carbonyl (C=O) groups is 1. The van der Waals surface area contributed by atoms with E-state index in [0.29, 0.717) is 6.42 Å². The molecule has 1 saturated heterocycles. The Kier molecular flexibility index (Phi) is 5.49. The second-order valence-corrected chi connectivity index (χ2v) is 6.15. The maximum absolute atomic E-state index is 10.7. The average molecular weight is 307 g/mol. The van der Waals surface area contributed by atoms with Gasteiger partial charge in [-0.3, -0.25) is 14.9 Å². The van der Waals surface area contributed by atoms with E-state index in [1.54, 1.807) is 12.1 Å². The van der Waals surface area contributed by atoms with E-state index in [2.05, 4.69) is 0 Å². The lowest BCUT2D eigenvalue weighted by Crippen LogP contribution is -2.51. The monoisotopic (exact) mass is 307 g/mol. The standard InChI is InChI=1S/C16H22N2O4/c19-16(20)5-4-12-18(10-2-1-3-11-18)13-14-6-8-15(9-7-14)17(21)22/h6-9H,1-5,10-13H2/p+1. The molecule has 1 aromatic rings. The molecule has 0 unspecified atom stereocenters. The van der Waals surface area contributed by atoms with E-state index in [4.69, 9.17) is 5.11 Å². The smallest absolute Gasteiger partial charge is 0.303 e. The maximum atomic E-state index is 10.7. The Morgan fingerprint density at radius 1 is 1.18 bits per heavy atom. The molecular weight excluding hydrogens is 284 g/mol. The molecule has 6 nitrogen and oxygen atoms in total. The first-order valence-corrected chi connectivity index (χ1v) is 7.81. The van der Waals surface area contributed by atoms with Crippen LogP contribution in [0.2, 0.25) is 0 Å². The topological polar surface area (TPSA) is 80.4 Å². The summed E-state index contributed by atoms with van der Waals surface area (Å²) in [7, 11) is 0. The van der Waals surface area contributed by atoms with Crippen molar-refractivity contribution < 1.29 is 19.3 Å². The van der Waals surface area contributed by atoms with Gasteiger partial charge in [0, 0.05) is 24.1 Å². The average Bonchev–Trinajstić information content (AvgIpc) is 2.48. The van der Waals surface area contributed by atoms with Crippen LogP contribution in [-0.2, 0) is 11.3 Å². The van der Waals surface area contributed by atoms with Crippen LogP contribution in [-0.4, -0.2) is 40.1 Å². The van der Waals surface area contributed by atoms with Crippen LogP contribution >= 0.6 is 0 Å². The fourth-order valence-corrected chi connectivity index (χ4v) is 3.32. The Balaban J connectivity index is 2.05. The highest BCUT2D eigenvalue weighted by Crippen LogP contribution is 2.24. The molecule has 1 aliphatic heterocycles. The maximum Gasteiger partial charge on any atom is 0.303 e. The summed E-state index contributed by atoms with van der Waals surface area (Å²) in [5, 5.41) is 19.5. The number of carboxylic acids is 1. The van der Waals surface area contributed by atoms with E-state index in [1.807, 2.05) is 12.1 Å². The first-order chi connectivity index (χ1) is 10.5. The van der Waals surface area contributed by atoms with Crippen molar-refractivity contribution in [1.82, 2.24) is 0 Å². The van der Waals surface area contributed by atoms with Crippen LogP contribution < -0.4 is 0 Å². The number of aliphatic carboxylic acids is 1. The summed E-state index contributed by atoms with van der Waals surface area (Å²) in [5.41, 5.74) is 1.20. The lowest BCUT2D eigenvalue weighted by molar-refractivity contribution is -0.945. The van der Waals surface area contributed by atoms with Gasteiger partial charge in [0.1, 0.15) is 6.54 Å². The minimum Gasteiger partial charge on any atom is -0.481 e. The van der Waals surface area contributed by atoms with Crippen molar-refractivity contribution in [3.8, 4) is 0 Å². The van der Waals surface area contributed by atoms with Crippen molar-refractivity contribution in [2.45, 2.75) is 38.6 Å². The Morgan fingerprint density at radius 3 is 2.36 bits per heavy atom. The van der Waals surface area contributed by atoms with Gasteiger partial charge < -0.3 is 9.59 Å². The lowest BCUT2D eigenvalue weighted by Gasteiger charge is -2.41. The van der Waals surface area contributed by atoms with Crippen molar-refractivity contribution in [2.75, 3.05) is 19.6 Å². The number of piperidine rings is 1. The van der Waals surface area contributed by atoms with Gasteiger partial charge in [-0.15, -0.1) is 0 Å². The first-order valence-electron chi connectivity index (χ1n) is 7.81. The number of hydrogen-bond donors (Lipinski definition) is 1. The van der Waals surface area contributed by atoms with Gasteiger partial charge in [0.15, 0.2) is 0 Å². The van der Waals surface area contributed by atoms with Gasteiger partial charge >= 0.3 is 5.97 Å². The van der Waals surface area contributed by atoms with E-state index < -0.39 is 5.97 Å². The van der Waals surface area contributed by atoms with Gasteiger partial charge in [-0.1, -0.05) is 0 Å². The lowest BCUT2D eigenvalue weighted by atomic mass is 10.0. The molecule has 6 heteroatoms. The molecule has 2 rings (SSSR count). The fourth-order valence-electron chi connectivity index (χ4n) is 3.32. The minimum absolute atomic E-state index is 0.111. The van der Waals surface area contributed by atoms with Crippen LogP contribution in [0.15, 0.2) is 24.3 Å². The second kappa shape index (κ2) is 7.35. The summed E-state index contributed by atoms with van der Waals surface area (Å²) in [6.45, 7) is 3.83. The Hall–Kier alpha value is -1.95. The van der Waals surface area contributed by atoms with Crippen molar-refractivity contribution >= 4 is 11.7 Å². The number of likely N-dealkylation sites (tertiary alicyclic amines) is 1. The van der Waals surface area contributed by atoms with Crippen molar-refractivity contribution in [3.63, 3.8) is 0 Å². The third kappa shape index (κ3) is 4.53. The van der Waals surface area contributed by atoms with Crippen LogP contribution in [0.3, 0.4) is 0 Å². The molecule has 120 valence electrons. The van der Waals surface area contributed by atoms with Gasteiger partial charge in [-0.25, -0.2) is 0 Å². The molecule has 0 amide bonds. The summed E-state index contributed by atoms with van der Waals surface area (Å²) < 4.78 is 0.908. The highest BCUT2D eigenvalue weighted by molar-refractivity contribution is 5.66. The van der Waals surface area contributed by atoms with E-state index in [9.17, 15) is 14.9 Å². The van der Waals surface area contributed by atoms with Gasteiger partial charge in [-0.05, 0) is 31.4 Å². The van der Waals surface area contributed by atoms with Crippen molar-refractivity contribution in [2.24, 2.45) is 0 Å². The second-order valence-electron chi connectivity index (χ2n) is 6.15. The highest BCUT2D eigenvalue weighted by atomic mass is 16.6. The van der Waals surface area contributed by atoms with Gasteiger partial charge in [-0.2, -0.15) is 0 Å². The number of rotatable bonds is 7. The molecule has 0 spiro atoms. The number of nitro groups is 1. The molecule has 0 aliphatic carbocycles. The normalized spacial score (nSPS) is 17.1. The zero-order valence-electron chi connectivity index (χ0n) is 12.7. The molecule has 1 heterocycles. The van der Waals surface area contributed by atoms with Crippen LogP contribution in [0.4, 0.5) is 5.69 Å². The number of benzene rings is 1. The summed E-state index contributed by atoms with van der Waals surface area (Å²) >= 11 is 0. The zero-order chi connectivity index (χ0) is 16.0. The van der Waals surface area contributed by atoms with Crippen molar-refractivity contribution in [1.29, 1.82) is 0 Å². The summed E-state index contributed by atoms with van der Waals surface area (Å²) in [5.74, 6) is -0.745. The van der Waals surface area contributed by atoms with Gasteiger partial charge in [0.25, 0.3) is 5.69 Å². The molecule has 1 fully saturated rings. The number of nitrogens with zero attached hydrogens (tertiary/aromatic N) is 2. The fraction of sp³-hybridized carbons (Fsp3) is 0.562. The zero-order valence-corrected chi connectivity index (χ0v) is 12.7. The molecule has 0 atom stereocenters. The molecule has 0 bridgehead atoms. The van der Waals surface area contributed by atoms with Crippen LogP contribution in [0.25, 0.3) is 0 Å². The third-order valence-electron chi connectivity index (χ3n) is 4.45. The van der Waals surface area contributed by atoms with E-state index in [1.165, 1.54) is 19.3 Å². The summed E-state index contributed by atoms with van der Waals surface area (Å²) in [4.78, 5) is 21.1. The third-order valence-corrected chi connectivity index (χ3v) is 4.45. The molecule has 0 aromatic heterocycles. The Morgan fingerprint density at radius 2 is 1.82 bits per heavy atom. The molecule has 22 heavy (non-hydrogen) atoms. The Labute approximate surface area is 130 Å². The number of non-ortho nitro benzene ring substituents is 1. The van der Waals surface area contributed by atoms with E-state index in [-0.39, 0.29) is 17.0 Å². The molecule has 0 radical (unpaired) electrons. The van der Waals surface area contributed by atoms with Crippen LogP contribution in [0.1, 0.15) is 37.7 Å². The SMILES string of the molecule is O=C(O)CCC[N+]1(Cc2ccc([N+](=O)[O-])cc2)CCCCC1. The van der Waals surface area contributed by atoms with Crippen molar-refractivity contribution in [3.05, 3.63) is 39.9 Å². The summed E-state index contributed by atoms with van der Waals surface area (Å²) in [6.07, 6.45) is 4.46. The number of nitro benzene ring substituents is 1. The van der Waals surface area contributed by atoms with E-state index >= 15 is 0 Å². The molecule has 1 aromatic carbocycles. The summed E-state index contributed by atoms with van der Waals surface area (Å²) in [6, 6.07) is 6.74. The largest absolute Gasteiger partial charge is 0.481 e. The van der Waals surface area contributed by atoms with E-state index in [0.717, 1.165) is 36.2 Å². The van der Waals surface area contributed by atoms with Crippen LogP contribution in [0, 0.1) is 10.1 Å². The number of quaternary nitrogens is 1. The predicted molar refractivity (Wildman–Crippen MR) is 82.4 cm³/mol. The minimum atomic E-state index is -0.745. The predicted octanol–water partition coefficient (Wildman–Crippen LogP) is 2.96. The van der Waals surface area contributed by atoms with Crippen LogP contribution in [0.5, 0.6) is 0 Å². The number of hydrogen-bond acceptors (Lipinski definition) is 3. The highest BCUT2D eigenvalue weighted by Gasteiger charge is 2.30. The molecular formula is C16H23N2O4+. The molecule has 0 saturated carbocycles. The molecule has 1 N–H and O–H groups in total. The molecule has 1 aliphatic rings. The van der Waals surface area contributed by atoms with Gasteiger partial charge in [0.2, 0.25) is 0 Å². The van der Waals surface area contributed by atoms with Gasteiger partial charge in [0.05, 0.1) is 31.0 Å². The Bertz CT molecular complexity index is 521. The number of carboxylic acid groups (broad SMARTS) is 1.